The monoisotopic (exact) mass is 381 g/mol. The third kappa shape index (κ3) is 4.93. The number of sulfone groups is 1. The molecule has 3 heterocycles. The molecule has 1 aliphatic rings. The summed E-state index contributed by atoms with van der Waals surface area (Å²) < 4.78 is 24.6. The van der Waals surface area contributed by atoms with E-state index in [9.17, 15) is 13.5 Å². The summed E-state index contributed by atoms with van der Waals surface area (Å²) in [6, 6.07) is 3.92. The lowest BCUT2D eigenvalue weighted by Gasteiger charge is -2.26. The summed E-state index contributed by atoms with van der Waals surface area (Å²) >= 11 is 0. The molecule has 0 unspecified atom stereocenters. The number of hydrogen-bond donors (Lipinski definition) is 2. The molecule has 1 aliphatic heterocycles. The van der Waals surface area contributed by atoms with Crippen molar-refractivity contribution in [2.24, 2.45) is 5.92 Å². The van der Waals surface area contributed by atoms with Crippen LogP contribution in [0.15, 0.2) is 12.1 Å². The first-order valence-electron chi connectivity index (χ1n) is 8.87. The molecule has 2 N–H and O–H groups in total. The number of fused-ring (bicyclic) bond motifs is 1. The largest absolute Gasteiger partial charge is 0.386 e. The van der Waals surface area contributed by atoms with Crippen molar-refractivity contribution in [3.05, 3.63) is 34.9 Å². The van der Waals surface area contributed by atoms with Gasteiger partial charge in [-0.3, -0.25) is 14.7 Å². The van der Waals surface area contributed by atoms with Crippen LogP contribution in [0.3, 0.4) is 0 Å². The Bertz CT molecular complexity index is 856. The van der Waals surface area contributed by atoms with Gasteiger partial charge in [0.2, 0.25) is 0 Å². The fourth-order valence-corrected chi connectivity index (χ4v) is 4.01. The number of aliphatic hydroxyl groups is 1. The molecule has 26 heavy (non-hydrogen) atoms. The van der Waals surface area contributed by atoms with Crippen LogP contribution in [0, 0.1) is 5.92 Å². The van der Waals surface area contributed by atoms with Gasteiger partial charge in [-0.25, -0.2) is 8.42 Å². The smallest absolute Gasteiger partial charge is 0.150 e. The number of nitrogens with one attached hydrogen (secondary N) is 1. The molecule has 0 spiro atoms. The third-order valence-corrected chi connectivity index (χ3v) is 5.31. The first kappa shape index (κ1) is 19.1. The van der Waals surface area contributed by atoms with Gasteiger partial charge in [0, 0.05) is 31.6 Å². The minimum Gasteiger partial charge on any atom is -0.386 e. The van der Waals surface area contributed by atoms with Crippen molar-refractivity contribution in [1.82, 2.24) is 24.9 Å². The molecule has 8 nitrogen and oxygen atoms in total. The van der Waals surface area contributed by atoms with Crippen molar-refractivity contribution in [3.8, 4) is 0 Å². The topological polar surface area (TPSA) is 104 Å². The fourth-order valence-electron chi connectivity index (χ4n) is 3.27. The van der Waals surface area contributed by atoms with E-state index in [4.69, 9.17) is 0 Å². The van der Waals surface area contributed by atoms with Crippen LogP contribution >= 0.6 is 0 Å². The molecule has 0 saturated carbocycles. The van der Waals surface area contributed by atoms with Gasteiger partial charge in [0.05, 0.1) is 29.4 Å². The van der Waals surface area contributed by atoms with E-state index in [1.165, 1.54) is 0 Å². The SMILES string of the molecule is CC(C)Cc1cc(CN2CCn3nc([C@@H](O)CS(C)(=O)=O)cc3C2)[nH]n1. The highest BCUT2D eigenvalue weighted by atomic mass is 32.2. The van der Waals surface area contributed by atoms with Crippen LogP contribution in [0.1, 0.15) is 42.7 Å². The minimum absolute atomic E-state index is 0.306. The molecule has 0 bridgehead atoms. The standard InChI is InChI=1S/C17H27N5O3S/c1-12(2)6-13-7-14(19-18-13)9-21-4-5-22-15(10-21)8-16(20-22)17(23)11-26(3,24)25/h7-8,12,17,23H,4-6,9-11H2,1-3H3,(H,18,19)/t17-/m0/s1. The average molecular weight is 382 g/mol. The van der Waals surface area contributed by atoms with Crippen molar-refractivity contribution in [2.75, 3.05) is 18.6 Å². The summed E-state index contributed by atoms with van der Waals surface area (Å²) in [5, 5.41) is 21.9. The summed E-state index contributed by atoms with van der Waals surface area (Å²) in [6.45, 7) is 7.39. The Hall–Kier alpha value is -1.71. The van der Waals surface area contributed by atoms with Gasteiger partial charge in [-0.15, -0.1) is 0 Å². The van der Waals surface area contributed by atoms with Crippen LogP contribution in [-0.2, 0) is 35.9 Å². The molecule has 0 radical (unpaired) electrons. The minimum atomic E-state index is -3.25. The lowest BCUT2D eigenvalue weighted by molar-refractivity contribution is 0.190. The summed E-state index contributed by atoms with van der Waals surface area (Å²) in [7, 11) is -3.25. The fraction of sp³-hybridized carbons (Fsp3) is 0.647. The third-order valence-electron chi connectivity index (χ3n) is 4.39. The maximum Gasteiger partial charge on any atom is 0.150 e. The Labute approximate surface area is 154 Å². The summed E-state index contributed by atoms with van der Waals surface area (Å²) in [5.41, 5.74) is 3.59. The molecule has 0 aliphatic carbocycles. The quantitative estimate of drug-likeness (QED) is 0.738. The van der Waals surface area contributed by atoms with E-state index < -0.39 is 15.9 Å². The van der Waals surface area contributed by atoms with Crippen molar-refractivity contribution in [1.29, 1.82) is 0 Å². The predicted octanol–water partition coefficient (Wildman–Crippen LogP) is 0.898. The van der Waals surface area contributed by atoms with Crippen LogP contribution < -0.4 is 0 Å². The molecule has 0 saturated heterocycles. The maximum atomic E-state index is 11.4. The number of hydrogen-bond acceptors (Lipinski definition) is 6. The molecular weight excluding hydrogens is 354 g/mol. The van der Waals surface area contributed by atoms with Gasteiger partial charge in [0.25, 0.3) is 0 Å². The van der Waals surface area contributed by atoms with Crippen LogP contribution in [0.5, 0.6) is 0 Å². The van der Waals surface area contributed by atoms with Gasteiger partial charge in [-0.1, -0.05) is 13.8 Å². The van der Waals surface area contributed by atoms with Gasteiger partial charge in [0.15, 0.2) is 0 Å². The first-order valence-corrected chi connectivity index (χ1v) is 10.9. The number of aromatic nitrogens is 4. The van der Waals surface area contributed by atoms with Crippen molar-refractivity contribution in [3.63, 3.8) is 0 Å². The van der Waals surface area contributed by atoms with Gasteiger partial charge in [-0.05, 0) is 24.5 Å². The number of rotatable bonds is 7. The molecule has 2 aromatic heterocycles. The van der Waals surface area contributed by atoms with Crippen LogP contribution in [0.25, 0.3) is 0 Å². The second-order valence-electron chi connectivity index (χ2n) is 7.59. The van der Waals surface area contributed by atoms with Crippen molar-refractivity contribution < 1.29 is 13.5 Å². The molecule has 0 aromatic carbocycles. The summed E-state index contributed by atoms with van der Waals surface area (Å²) in [6.07, 6.45) is 0.999. The summed E-state index contributed by atoms with van der Waals surface area (Å²) in [4.78, 5) is 2.29. The second-order valence-corrected chi connectivity index (χ2v) is 9.77. The Morgan fingerprint density at radius 3 is 2.77 bits per heavy atom. The van der Waals surface area contributed by atoms with Crippen molar-refractivity contribution in [2.45, 2.75) is 46.0 Å². The lowest BCUT2D eigenvalue weighted by Crippen LogP contribution is -2.33. The van der Waals surface area contributed by atoms with Crippen LogP contribution in [0.4, 0.5) is 0 Å². The van der Waals surface area contributed by atoms with Crippen molar-refractivity contribution >= 4 is 9.84 Å². The molecule has 3 rings (SSSR count). The number of H-pyrrole nitrogens is 1. The van der Waals surface area contributed by atoms with Crippen LogP contribution in [0.2, 0.25) is 0 Å². The molecule has 2 aromatic rings. The Morgan fingerprint density at radius 2 is 2.08 bits per heavy atom. The molecular formula is C17H27N5O3S. The van der Waals surface area contributed by atoms with E-state index >= 15 is 0 Å². The number of aliphatic hydroxyl groups excluding tert-OH is 1. The van der Waals surface area contributed by atoms with E-state index in [0.717, 1.165) is 42.8 Å². The highest BCUT2D eigenvalue weighted by Crippen LogP contribution is 2.20. The van der Waals surface area contributed by atoms with E-state index in [0.29, 0.717) is 24.7 Å². The zero-order valence-corrected chi connectivity index (χ0v) is 16.3. The average Bonchev–Trinajstić information content (AvgIpc) is 3.11. The second kappa shape index (κ2) is 7.50. The van der Waals surface area contributed by atoms with Gasteiger partial charge >= 0.3 is 0 Å². The zero-order chi connectivity index (χ0) is 18.9. The van der Waals surface area contributed by atoms with Gasteiger partial charge < -0.3 is 5.11 Å². The van der Waals surface area contributed by atoms with E-state index in [-0.39, 0.29) is 5.75 Å². The molecule has 1 atom stereocenters. The molecule has 0 amide bonds. The zero-order valence-electron chi connectivity index (χ0n) is 15.5. The number of nitrogens with zero attached hydrogens (tertiary/aromatic N) is 4. The molecule has 9 heteroatoms. The van der Waals surface area contributed by atoms with Crippen LogP contribution in [-0.4, -0.2) is 57.0 Å². The first-order chi connectivity index (χ1) is 12.2. The number of aromatic amines is 1. The maximum absolute atomic E-state index is 11.4. The van der Waals surface area contributed by atoms with E-state index in [1.807, 2.05) is 4.68 Å². The highest BCUT2D eigenvalue weighted by Gasteiger charge is 2.23. The van der Waals surface area contributed by atoms with Gasteiger partial charge in [-0.2, -0.15) is 10.2 Å². The Kier molecular flexibility index (Phi) is 5.50. The normalized spacial score (nSPS) is 16.8. The molecule has 144 valence electrons. The Morgan fingerprint density at radius 1 is 1.31 bits per heavy atom. The van der Waals surface area contributed by atoms with E-state index in [1.54, 1.807) is 6.07 Å². The van der Waals surface area contributed by atoms with E-state index in [2.05, 4.69) is 40.1 Å². The summed E-state index contributed by atoms with van der Waals surface area (Å²) in [5.74, 6) is 0.271. The highest BCUT2D eigenvalue weighted by molar-refractivity contribution is 7.90. The predicted molar refractivity (Wildman–Crippen MR) is 98.1 cm³/mol. The lowest BCUT2D eigenvalue weighted by atomic mass is 10.1. The molecule has 0 fully saturated rings. The Balaban J connectivity index is 1.63. The van der Waals surface area contributed by atoms with Gasteiger partial charge in [0.1, 0.15) is 15.9 Å².